The summed E-state index contributed by atoms with van der Waals surface area (Å²) in [5, 5.41) is 8.15. The number of benzene rings is 1. The van der Waals surface area contributed by atoms with Crippen molar-refractivity contribution in [3.63, 3.8) is 0 Å². The van der Waals surface area contributed by atoms with Crippen LogP contribution in [-0.4, -0.2) is 32.8 Å². The Morgan fingerprint density at radius 3 is 3.00 bits per heavy atom. The maximum absolute atomic E-state index is 4.72. The zero-order chi connectivity index (χ0) is 14.9. The zero-order valence-corrected chi connectivity index (χ0v) is 12.8. The molecule has 3 aromatic rings. The molecule has 0 saturated carbocycles. The highest BCUT2D eigenvalue weighted by molar-refractivity contribution is 5.75. The third kappa shape index (κ3) is 2.52. The number of nitrogens with zero attached hydrogens (tertiary/aromatic N) is 3. The van der Waals surface area contributed by atoms with E-state index in [1.165, 1.54) is 29.7 Å². The average molecular weight is 295 g/mol. The molecular formula is C17H21N5. The summed E-state index contributed by atoms with van der Waals surface area (Å²) in [6, 6.07) is 6.35. The van der Waals surface area contributed by atoms with Gasteiger partial charge in [-0.1, -0.05) is 6.07 Å². The van der Waals surface area contributed by atoms with Crippen molar-refractivity contribution >= 4 is 11.0 Å². The fourth-order valence-electron chi connectivity index (χ4n) is 3.42. The maximum Gasteiger partial charge on any atom is 0.0931 e. The van der Waals surface area contributed by atoms with Crippen LogP contribution in [0.15, 0.2) is 30.7 Å². The minimum atomic E-state index is 0.657. The SMILES string of the molecule is Cc1nn(Cc2ccc3nc[nH]c3c2)cc1C1CCNCC1. The standard InChI is InChI=1S/C17H21N5/c1-12-15(14-4-6-18-7-5-14)10-22(21-12)9-13-2-3-16-17(8-13)20-11-19-16/h2-3,8,10-11,14,18H,4-7,9H2,1H3,(H,19,20). The number of aryl methyl sites for hydroxylation is 1. The van der Waals surface area contributed by atoms with E-state index >= 15 is 0 Å². The van der Waals surface area contributed by atoms with E-state index in [1.54, 1.807) is 6.33 Å². The smallest absolute Gasteiger partial charge is 0.0931 e. The summed E-state index contributed by atoms with van der Waals surface area (Å²) in [5.74, 6) is 0.657. The number of H-pyrrole nitrogens is 1. The Morgan fingerprint density at radius 2 is 2.14 bits per heavy atom. The Kier molecular flexibility index (Phi) is 3.42. The largest absolute Gasteiger partial charge is 0.345 e. The van der Waals surface area contributed by atoms with Gasteiger partial charge in [0.1, 0.15) is 0 Å². The molecule has 1 aromatic carbocycles. The van der Waals surface area contributed by atoms with Gasteiger partial charge in [-0.25, -0.2) is 4.98 Å². The van der Waals surface area contributed by atoms with Gasteiger partial charge in [0.2, 0.25) is 0 Å². The molecular weight excluding hydrogens is 274 g/mol. The molecule has 114 valence electrons. The molecule has 4 rings (SSSR count). The first kappa shape index (κ1) is 13.5. The van der Waals surface area contributed by atoms with Crippen molar-refractivity contribution in [2.45, 2.75) is 32.2 Å². The highest BCUT2D eigenvalue weighted by Crippen LogP contribution is 2.27. The number of imidazole rings is 1. The normalized spacial score (nSPS) is 16.4. The Balaban J connectivity index is 1.57. The summed E-state index contributed by atoms with van der Waals surface area (Å²) in [5.41, 5.74) is 5.94. The number of aromatic amines is 1. The van der Waals surface area contributed by atoms with Crippen molar-refractivity contribution in [3.8, 4) is 0 Å². The molecule has 0 bridgehead atoms. The van der Waals surface area contributed by atoms with Gasteiger partial charge in [-0.05, 0) is 62.0 Å². The van der Waals surface area contributed by atoms with Crippen LogP contribution in [0.4, 0.5) is 0 Å². The van der Waals surface area contributed by atoms with E-state index in [4.69, 9.17) is 5.10 Å². The Morgan fingerprint density at radius 1 is 1.27 bits per heavy atom. The van der Waals surface area contributed by atoms with Crippen LogP contribution in [0.1, 0.15) is 35.6 Å². The number of fused-ring (bicyclic) bond motifs is 1. The zero-order valence-electron chi connectivity index (χ0n) is 12.8. The van der Waals surface area contributed by atoms with E-state index < -0.39 is 0 Å². The van der Waals surface area contributed by atoms with Crippen LogP contribution in [0.3, 0.4) is 0 Å². The molecule has 1 aliphatic rings. The number of piperidine rings is 1. The lowest BCUT2D eigenvalue weighted by atomic mass is 9.91. The molecule has 5 nitrogen and oxygen atoms in total. The van der Waals surface area contributed by atoms with Crippen LogP contribution in [0, 0.1) is 6.92 Å². The van der Waals surface area contributed by atoms with Gasteiger partial charge in [-0.2, -0.15) is 5.10 Å². The van der Waals surface area contributed by atoms with Crippen LogP contribution >= 0.6 is 0 Å². The Hall–Kier alpha value is -2.14. The maximum atomic E-state index is 4.72. The van der Waals surface area contributed by atoms with Gasteiger partial charge in [-0.3, -0.25) is 4.68 Å². The van der Waals surface area contributed by atoms with Crippen LogP contribution in [0.25, 0.3) is 11.0 Å². The lowest BCUT2D eigenvalue weighted by Crippen LogP contribution is -2.26. The second-order valence-corrected chi connectivity index (χ2v) is 6.15. The molecule has 0 unspecified atom stereocenters. The summed E-state index contributed by atoms with van der Waals surface area (Å²) in [4.78, 5) is 7.43. The van der Waals surface area contributed by atoms with Crippen molar-refractivity contribution in [3.05, 3.63) is 47.5 Å². The van der Waals surface area contributed by atoms with Crippen LogP contribution in [0.5, 0.6) is 0 Å². The number of hydrogen-bond donors (Lipinski definition) is 2. The molecule has 22 heavy (non-hydrogen) atoms. The van der Waals surface area contributed by atoms with Gasteiger partial charge in [0.25, 0.3) is 0 Å². The van der Waals surface area contributed by atoms with Gasteiger partial charge in [0, 0.05) is 6.20 Å². The van der Waals surface area contributed by atoms with Gasteiger partial charge in [0.05, 0.1) is 29.6 Å². The highest BCUT2D eigenvalue weighted by Gasteiger charge is 2.19. The fraction of sp³-hybridized carbons (Fsp3) is 0.412. The first-order valence-corrected chi connectivity index (χ1v) is 7.96. The molecule has 0 aliphatic carbocycles. The topological polar surface area (TPSA) is 58.5 Å². The van der Waals surface area contributed by atoms with Crippen LogP contribution in [0.2, 0.25) is 0 Å². The second kappa shape index (κ2) is 5.57. The Labute approximate surface area is 129 Å². The molecule has 1 saturated heterocycles. The molecule has 0 radical (unpaired) electrons. The van der Waals surface area contributed by atoms with Gasteiger partial charge < -0.3 is 10.3 Å². The molecule has 1 aliphatic heterocycles. The predicted molar refractivity (Wildman–Crippen MR) is 87.0 cm³/mol. The minimum absolute atomic E-state index is 0.657. The summed E-state index contributed by atoms with van der Waals surface area (Å²) in [6.45, 7) is 5.17. The average Bonchev–Trinajstić information content (AvgIpc) is 3.14. The van der Waals surface area contributed by atoms with Gasteiger partial charge in [0.15, 0.2) is 0 Å². The van der Waals surface area contributed by atoms with Crippen molar-refractivity contribution in [1.29, 1.82) is 0 Å². The first-order valence-electron chi connectivity index (χ1n) is 7.96. The van der Waals surface area contributed by atoms with Crippen molar-refractivity contribution in [1.82, 2.24) is 25.1 Å². The number of hydrogen-bond acceptors (Lipinski definition) is 3. The molecule has 0 spiro atoms. The molecule has 2 aromatic heterocycles. The lowest BCUT2D eigenvalue weighted by molar-refractivity contribution is 0.459. The van der Waals surface area contributed by atoms with Gasteiger partial charge >= 0.3 is 0 Å². The number of nitrogens with one attached hydrogen (secondary N) is 2. The third-order valence-electron chi connectivity index (χ3n) is 4.59. The summed E-state index contributed by atoms with van der Waals surface area (Å²) in [6.07, 6.45) is 6.41. The second-order valence-electron chi connectivity index (χ2n) is 6.15. The molecule has 3 heterocycles. The lowest BCUT2D eigenvalue weighted by Gasteiger charge is -2.22. The monoisotopic (exact) mass is 295 g/mol. The minimum Gasteiger partial charge on any atom is -0.345 e. The number of aromatic nitrogens is 4. The van der Waals surface area contributed by atoms with Crippen molar-refractivity contribution < 1.29 is 0 Å². The molecule has 0 amide bonds. The first-order chi connectivity index (χ1) is 10.8. The van der Waals surface area contributed by atoms with Gasteiger partial charge in [-0.15, -0.1) is 0 Å². The summed E-state index contributed by atoms with van der Waals surface area (Å²) >= 11 is 0. The van der Waals surface area contributed by atoms with E-state index in [9.17, 15) is 0 Å². The number of rotatable bonds is 3. The van der Waals surface area contributed by atoms with E-state index in [0.717, 1.165) is 30.7 Å². The van der Waals surface area contributed by atoms with E-state index in [2.05, 4.69) is 51.3 Å². The van der Waals surface area contributed by atoms with Crippen molar-refractivity contribution in [2.24, 2.45) is 0 Å². The Bertz CT molecular complexity index is 779. The van der Waals surface area contributed by atoms with Crippen LogP contribution < -0.4 is 5.32 Å². The highest BCUT2D eigenvalue weighted by atomic mass is 15.3. The quantitative estimate of drug-likeness (QED) is 0.781. The summed E-state index contributed by atoms with van der Waals surface area (Å²) < 4.78 is 2.07. The van der Waals surface area contributed by atoms with E-state index in [1.807, 2.05) is 0 Å². The molecule has 5 heteroatoms. The third-order valence-corrected chi connectivity index (χ3v) is 4.59. The van der Waals surface area contributed by atoms with E-state index in [-0.39, 0.29) is 0 Å². The molecule has 1 fully saturated rings. The molecule has 0 atom stereocenters. The van der Waals surface area contributed by atoms with E-state index in [0.29, 0.717) is 5.92 Å². The van der Waals surface area contributed by atoms with Crippen LogP contribution in [-0.2, 0) is 6.54 Å². The van der Waals surface area contributed by atoms with Crippen molar-refractivity contribution in [2.75, 3.05) is 13.1 Å². The fourth-order valence-corrected chi connectivity index (χ4v) is 3.42. The summed E-state index contributed by atoms with van der Waals surface area (Å²) in [7, 11) is 0. The molecule has 2 N–H and O–H groups in total. The predicted octanol–water partition coefficient (Wildman–Crippen LogP) is 2.58.